The molecule has 0 bridgehead atoms. The Labute approximate surface area is 139 Å². The minimum absolute atomic E-state index is 0.396. The van der Waals surface area contributed by atoms with Crippen LogP contribution in [0.1, 0.15) is 24.3 Å². The lowest BCUT2D eigenvalue weighted by Crippen LogP contribution is -2.33. The first-order valence-corrected chi connectivity index (χ1v) is 7.93. The summed E-state index contributed by atoms with van der Waals surface area (Å²) < 4.78 is 0. The van der Waals surface area contributed by atoms with Crippen LogP contribution in [0, 0.1) is 0 Å². The molecule has 22 heavy (non-hydrogen) atoms. The van der Waals surface area contributed by atoms with Crippen molar-refractivity contribution in [3.63, 3.8) is 0 Å². The molecule has 5 nitrogen and oxygen atoms in total. The predicted octanol–water partition coefficient (Wildman–Crippen LogP) is 3.45. The average molecular weight is 338 g/mol. The Hall–Kier alpha value is -1.56. The third kappa shape index (κ3) is 2.97. The molecule has 116 valence electrons. The zero-order chi connectivity index (χ0) is 15.5. The Morgan fingerprint density at radius 1 is 1.18 bits per heavy atom. The van der Waals surface area contributed by atoms with Crippen LogP contribution in [0.4, 0.5) is 11.5 Å². The lowest BCUT2D eigenvalue weighted by molar-refractivity contribution is 0.505. The fourth-order valence-electron chi connectivity index (χ4n) is 2.91. The van der Waals surface area contributed by atoms with Gasteiger partial charge in [0.05, 0.1) is 11.9 Å². The van der Waals surface area contributed by atoms with Crippen molar-refractivity contribution >= 4 is 34.7 Å². The molecule has 0 spiro atoms. The molecule has 0 atom stereocenters. The van der Waals surface area contributed by atoms with E-state index in [-0.39, 0.29) is 0 Å². The van der Waals surface area contributed by atoms with E-state index in [0.717, 1.165) is 36.6 Å². The molecule has 0 aliphatic carbocycles. The number of nitrogens with zero attached hydrogens (tertiary/aromatic N) is 3. The molecule has 1 aromatic heterocycles. The van der Waals surface area contributed by atoms with Crippen molar-refractivity contribution in [2.75, 3.05) is 23.4 Å². The number of nitrogens with two attached hydrogens (primary N) is 1. The molecule has 1 aromatic carbocycles. The first-order chi connectivity index (χ1) is 10.7. The quantitative estimate of drug-likeness (QED) is 0.663. The molecule has 1 aliphatic rings. The molecule has 0 saturated carbocycles. The molecule has 1 fully saturated rings. The van der Waals surface area contributed by atoms with Crippen LogP contribution >= 0.6 is 23.2 Å². The first-order valence-electron chi connectivity index (χ1n) is 7.18. The summed E-state index contributed by atoms with van der Waals surface area (Å²) in [4.78, 5) is 2.21. The van der Waals surface area contributed by atoms with Gasteiger partial charge in [-0.25, -0.2) is 5.84 Å². The van der Waals surface area contributed by atoms with Crippen molar-refractivity contribution in [2.45, 2.75) is 18.8 Å². The monoisotopic (exact) mass is 337 g/mol. The van der Waals surface area contributed by atoms with E-state index in [9.17, 15) is 0 Å². The molecular formula is C15H17Cl2N5. The van der Waals surface area contributed by atoms with Crippen LogP contribution in [0.25, 0.3) is 0 Å². The predicted molar refractivity (Wildman–Crippen MR) is 90.5 cm³/mol. The highest BCUT2D eigenvalue weighted by Gasteiger charge is 2.24. The van der Waals surface area contributed by atoms with Crippen molar-refractivity contribution in [3.05, 3.63) is 46.1 Å². The standard InChI is InChI=1S/C15H17Cl2N5/c16-12-4-2-1-3-11(12)10-5-7-22(8-6-10)13-9-19-21-15(20-18)14(13)17/h1-4,9-10H,5-8,18H2,(H,20,21). The number of hydrazine groups is 1. The summed E-state index contributed by atoms with van der Waals surface area (Å²) in [6.45, 7) is 1.79. The second-order valence-electron chi connectivity index (χ2n) is 5.32. The zero-order valence-electron chi connectivity index (χ0n) is 12.0. The number of rotatable bonds is 3. The normalized spacial score (nSPS) is 15.9. The molecular weight excluding hydrogens is 321 g/mol. The maximum absolute atomic E-state index is 6.31. The van der Waals surface area contributed by atoms with Gasteiger partial charge >= 0.3 is 0 Å². The van der Waals surface area contributed by atoms with Gasteiger partial charge < -0.3 is 10.3 Å². The lowest BCUT2D eigenvalue weighted by atomic mass is 9.89. The number of anilines is 2. The third-order valence-electron chi connectivity index (χ3n) is 4.09. The molecule has 0 amide bonds. The molecule has 0 unspecified atom stereocenters. The number of nitrogens with one attached hydrogen (secondary N) is 1. The lowest BCUT2D eigenvalue weighted by Gasteiger charge is -2.34. The first kappa shape index (κ1) is 15.3. The van der Waals surface area contributed by atoms with Gasteiger partial charge in [-0.3, -0.25) is 0 Å². The van der Waals surface area contributed by atoms with Gasteiger partial charge in [0.25, 0.3) is 0 Å². The van der Waals surface area contributed by atoms with Gasteiger partial charge in [0, 0.05) is 18.1 Å². The van der Waals surface area contributed by atoms with Crippen molar-refractivity contribution < 1.29 is 0 Å². The molecule has 1 saturated heterocycles. The second-order valence-corrected chi connectivity index (χ2v) is 6.10. The zero-order valence-corrected chi connectivity index (χ0v) is 13.5. The van der Waals surface area contributed by atoms with Crippen LogP contribution < -0.4 is 16.2 Å². The van der Waals surface area contributed by atoms with E-state index in [1.165, 1.54) is 5.56 Å². The SMILES string of the molecule is NNc1nncc(N2CCC(c3ccccc3Cl)CC2)c1Cl. The second kappa shape index (κ2) is 6.69. The van der Waals surface area contributed by atoms with E-state index in [1.54, 1.807) is 6.20 Å². The number of hydrogen-bond acceptors (Lipinski definition) is 5. The average Bonchev–Trinajstić information content (AvgIpc) is 2.56. The van der Waals surface area contributed by atoms with Gasteiger partial charge in [-0.15, -0.1) is 5.10 Å². The topological polar surface area (TPSA) is 67.1 Å². The van der Waals surface area contributed by atoms with E-state index >= 15 is 0 Å². The Balaban J connectivity index is 1.74. The number of aromatic nitrogens is 2. The van der Waals surface area contributed by atoms with Crippen LogP contribution in [0.2, 0.25) is 10.0 Å². The van der Waals surface area contributed by atoms with Crippen LogP contribution in [0.15, 0.2) is 30.5 Å². The minimum atomic E-state index is 0.396. The minimum Gasteiger partial charge on any atom is -0.369 e. The molecule has 2 aromatic rings. The summed E-state index contributed by atoms with van der Waals surface area (Å²) in [5.41, 5.74) is 4.56. The van der Waals surface area contributed by atoms with E-state index < -0.39 is 0 Å². The highest BCUT2D eigenvalue weighted by Crippen LogP contribution is 2.36. The van der Waals surface area contributed by atoms with Gasteiger partial charge in [0.2, 0.25) is 0 Å². The van der Waals surface area contributed by atoms with Gasteiger partial charge in [-0.1, -0.05) is 41.4 Å². The largest absolute Gasteiger partial charge is 0.369 e. The molecule has 1 aliphatic heterocycles. The molecule has 0 radical (unpaired) electrons. The van der Waals surface area contributed by atoms with Gasteiger partial charge in [-0.2, -0.15) is 5.10 Å². The summed E-state index contributed by atoms with van der Waals surface area (Å²) in [7, 11) is 0. The van der Waals surface area contributed by atoms with Crippen LogP contribution in [0.3, 0.4) is 0 Å². The van der Waals surface area contributed by atoms with Crippen molar-refractivity contribution in [1.29, 1.82) is 0 Å². The summed E-state index contributed by atoms with van der Waals surface area (Å²) >= 11 is 12.6. The van der Waals surface area contributed by atoms with Crippen LogP contribution in [0.5, 0.6) is 0 Å². The summed E-state index contributed by atoms with van der Waals surface area (Å²) in [6.07, 6.45) is 3.72. The van der Waals surface area contributed by atoms with Crippen molar-refractivity contribution in [2.24, 2.45) is 5.84 Å². The van der Waals surface area contributed by atoms with Gasteiger partial charge in [0.1, 0.15) is 5.02 Å². The summed E-state index contributed by atoms with van der Waals surface area (Å²) in [5, 5.41) is 9.16. The number of piperidine rings is 1. The molecule has 2 heterocycles. The molecule has 7 heteroatoms. The fraction of sp³-hybridized carbons (Fsp3) is 0.333. The van der Waals surface area contributed by atoms with Crippen LogP contribution in [-0.4, -0.2) is 23.3 Å². The van der Waals surface area contributed by atoms with E-state index in [4.69, 9.17) is 29.0 Å². The van der Waals surface area contributed by atoms with Crippen molar-refractivity contribution in [1.82, 2.24) is 10.2 Å². The maximum atomic E-state index is 6.31. The van der Waals surface area contributed by atoms with Crippen LogP contribution in [-0.2, 0) is 0 Å². The fourth-order valence-corrected chi connectivity index (χ4v) is 3.46. The smallest absolute Gasteiger partial charge is 0.183 e. The van der Waals surface area contributed by atoms with E-state index in [0.29, 0.717) is 16.8 Å². The van der Waals surface area contributed by atoms with E-state index in [1.807, 2.05) is 18.2 Å². The van der Waals surface area contributed by atoms with Gasteiger partial charge in [-0.05, 0) is 30.4 Å². The number of halogens is 2. The highest BCUT2D eigenvalue weighted by atomic mass is 35.5. The number of hydrogen-bond donors (Lipinski definition) is 2. The highest BCUT2D eigenvalue weighted by molar-refractivity contribution is 6.35. The van der Waals surface area contributed by atoms with Gasteiger partial charge in [0.15, 0.2) is 5.82 Å². The Bertz CT molecular complexity index is 656. The maximum Gasteiger partial charge on any atom is 0.183 e. The Kier molecular flexibility index (Phi) is 4.66. The molecule has 3 N–H and O–H groups in total. The Morgan fingerprint density at radius 3 is 2.59 bits per heavy atom. The Morgan fingerprint density at radius 2 is 1.91 bits per heavy atom. The van der Waals surface area contributed by atoms with Crippen molar-refractivity contribution in [3.8, 4) is 0 Å². The van der Waals surface area contributed by atoms with E-state index in [2.05, 4.69) is 26.6 Å². The number of nitrogen functional groups attached to an aromatic ring is 1. The third-order valence-corrected chi connectivity index (χ3v) is 4.80. The summed E-state index contributed by atoms with van der Waals surface area (Å²) in [5.74, 6) is 6.27. The molecule has 3 rings (SSSR count). The number of benzene rings is 1. The summed E-state index contributed by atoms with van der Waals surface area (Å²) in [6, 6.07) is 8.06.